The molecule has 0 saturated heterocycles. The molecule has 3 N–H and O–H groups in total. The van der Waals surface area contributed by atoms with Gasteiger partial charge in [0.1, 0.15) is 0 Å². The predicted molar refractivity (Wildman–Crippen MR) is 77.3 cm³/mol. The Morgan fingerprint density at radius 1 is 1.39 bits per heavy atom. The van der Waals surface area contributed by atoms with Gasteiger partial charge >= 0.3 is 0 Å². The Labute approximate surface area is 118 Å². The lowest BCUT2D eigenvalue weighted by atomic mass is 10.0. The molecule has 0 heterocycles. The average Bonchev–Trinajstić information content (AvgIpc) is 2.33. The van der Waals surface area contributed by atoms with Gasteiger partial charge in [0.15, 0.2) is 0 Å². The van der Waals surface area contributed by atoms with Gasteiger partial charge in [-0.25, -0.2) is 0 Å². The van der Waals surface area contributed by atoms with Crippen molar-refractivity contribution in [2.24, 2.45) is 5.92 Å². The summed E-state index contributed by atoms with van der Waals surface area (Å²) in [4.78, 5) is 12.0. The van der Waals surface area contributed by atoms with Crippen LogP contribution in [0.5, 0.6) is 0 Å². The molecule has 1 rings (SSSR count). The van der Waals surface area contributed by atoms with Crippen molar-refractivity contribution in [1.82, 2.24) is 5.32 Å². The molecule has 1 aromatic rings. The molecule has 0 saturated carbocycles. The van der Waals surface area contributed by atoms with Gasteiger partial charge < -0.3 is 11.1 Å². The molecule has 2 unspecified atom stereocenters. The normalized spacial score (nSPS) is 14.1. The maximum Gasteiger partial charge on any atom is 0.251 e. The van der Waals surface area contributed by atoms with E-state index >= 15 is 0 Å². The van der Waals surface area contributed by atoms with Crippen LogP contribution < -0.4 is 11.1 Å². The Morgan fingerprint density at radius 2 is 2.00 bits per heavy atom. The van der Waals surface area contributed by atoms with Crippen LogP contribution in [-0.2, 0) is 0 Å². The van der Waals surface area contributed by atoms with Gasteiger partial charge in [-0.2, -0.15) is 0 Å². The van der Waals surface area contributed by atoms with Crippen molar-refractivity contribution in [2.45, 2.75) is 33.2 Å². The highest BCUT2D eigenvalue weighted by molar-refractivity contribution is 6.43. The van der Waals surface area contributed by atoms with Crippen molar-refractivity contribution in [3.63, 3.8) is 0 Å². The first-order chi connectivity index (χ1) is 8.36. The standard InChI is InChI=1S/C13H18Cl2N2O/c1-4-7(2)8(3)17-13(18)9-5-10(14)12(15)11(16)6-9/h5-8H,4,16H2,1-3H3,(H,17,18). The number of carbonyl (C=O) groups excluding carboxylic acids is 1. The van der Waals surface area contributed by atoms with Crippen molar-refractivity contribution >= 4 is 34.8 Å². The van der Waals surface area contributed by atoms with Gasteiger partial charge in [0, 0.05) is 11.6 Å². The molecule has 0 radical (unpaired) electrons. The molecule has 18 heavy (non-hydrogen) atoms. The van der Waals surface area contributed by atoms with Gasteiger partial charge in [0.05, 0.1) is 15.7 Å². The number of benzene rings is 1. The third kappa shape index (κ3) is 3.53. The van der Waals surface area contributed by atoms with Gasteiger partial charge in [-0.05, 0) is 25.0 Å². The van der Waals surface area contributed by atoms with Crippen LogP contribution in [0.4, 0.5) is 5.69 Å². The molecule has 0 fully saturated rings. The van der Waals surface area contributed by atoms with Crippen LogP contribution >= 0.6 is 23.2 Å². The number of nitrogens with two attached hydrogens (primary N) is 1. The van der Waals surface area contributed by atoms with E-state index in [4.69, 9.17) is 28.9 Å². The Hall–Kier alpha value is -0.930. The minimum absolute atomic E-state index is 0.0955. The molecule has 0 bridgehead atoms. The number of nitrogens with one attached hydrogen (secondary N) is 1. The fourth-order valence-electron chi connectivity index (χ4n) is 1.53. The zero-order valence-corrected chi connectivity index (χ0v) is 12.3. The number of hydrogen-bond acceptors (Lipinski definition) is 2. The van der Waals surface area contributed by atoms with E-state index in [-0.39, 0.29) is 22.0 Å². The molecule has 3 nitrogen and oxygen atoms in total. The summed E-state index contributed by atoms with van der Waals surface area (Å²) in [7, 11) is 0. The minimum Gasteiger partial charge on any atom is -0.397 e. The average molecular weight is 289 g/mol. The molecule has 0 aliphatic rings. The third-order valence-corrected chi connectivity index (χ3v) is 3.99. The number of rotatable bonds is 4. The fraction of sp³-hybridized carbons (Fsp3) is 0.462. The van der Waals surface area contributed by atoms with E-state index in [9.17, 15) is 4.79 Å². The third-order valence-electron chi connectivity index (χ3n) is 3.17. The second-order valence-corrected chi connectivity index (χ2v) is 5.29. The lowest BCUT2D eigenvalue weighted by molar-refractivity contribution is 0.0928. The van der Waals surface area contributed by atoms with Crippen LogP contribution in [0.3, 0.4) is 0 Å². The highest BCUT2D eigenvalue weighted by atomic mass is 35.5. The fourth-order valence-corrected chi connectivity index (χ4v) is 1.86. The van der Waals surface area contributed by atoms with Gasteiger partial charge in [0.2, 0.25) is 0 Å². The second kappa shape index (κ2) is 6.30. The van der Waals surface area contributed by atoms with Gasteiger partial charge in [-0.15, -0.1) is 0 Å². The molecule has 0 aliphatic carbocycles. The predicted octanol–water partition coefficient (Wildman–Crippen LogP) is 3.74. The van der Waals surface area contributed by atoms with Crippen molar-refractivity contribution in [3.8, 4) is 0 Å². The molecular weight excluding hydrogens is 271 g/mol. The summed E-state index contributed by atoms with van der Waals surface area (Å²) >= 11 is 11.7. The maximum absolute atomic E-state index is 12.0. The first-order valence-electron chi connectivity index (χ1n) is 5.92. The van der Waals surface area contributed by atoms with Crippen molar-refractivity contribution in [3.05, 3.63) is 27.7 Å². The monoisotopic (exact) mass is 288 g/mol. The number of carbonyl (C=O) groups is 1. The summed E-state index contributed by atoms with van der Waals surface area (Å²) in [5.74, 6) is 0.224. The smallest absolute Gasteiger partial charge is 0.251 e. The summed E-state index contributed by atoms with van der Waals surface area (Å²) in [5.41, 5.74) is 6.42. The molecule has 5 heteroatoms. The van der Waals surface area contributed by atoms with Crippen molar-refractivity contribution in [1.29, 1.82) is 0 Å². The minimum atomic E-state index is -0.187. The first kappa shape index (κ1) is 15.1. The Bertz CT molecular complexity index is 426. The number of hydrogen-bond donors (Lipinski definition) is 2. The van der Waals surface area contributed by atoms with Crippen molar-refractivity contribution in [2.75, 3.05) is 5.73 Å². The van der Waals surface area contributed by atoms with E-state index < -0.39 is 0 Å². The molecule has 1 aromatic carbocycles. The first-order valence-corrected chi connectivity index (χ1v) is 6.67. The number of anilines is 1. The highest BCUT2D eigenvalue weighted by Crippen LogP contribution is 2.29. The molecule has 2 atom stereocenters. The van der Waals surface area contributed by atoms with E-state index in [0.29, 0.717) is 17.2 Å². The molecule has 0 spiro atoms. The zero-order valence-electron chi connectivity index (χ0n) is 10.8. The quantitative estimate of drug-likeness (QED) is 0.830. The van der Waals surface area contributed by atoms with Crippen LogP contribution in [-0.4, -0.2) is 11.9 Å². The summed E-state index contributed by atoms with van der Waals surface area (Å²) in [6.45, 7) is 6.16. The molecule has 100 valence electrons. The van der Waals surface area contributed by atoms with E-state index in [0.717, 1.165) is 6.42 Å². The van der Waals surface area contributed by atoms with Gasteiger partial charge in [0.25, 0.3) is 5.91 Å². The molecule has 0 aromatic heterocycles. The molecule has 1 amide bonds. The molecule has 0 aliphatic heterocycles. The van der Waals surface area contributed by atoms with Gasteiger partial charge in [-0.3, -0.25) is 4.79 Å². The van der Waals surface area contributed by atoms with Crippen molar-refractivity contribution < 1.29 is 4.79 Å². The summed E-state index contributed by atoms with van der Waals surface area (Å²) in [6, 6.07) is 3.16. The SMILES string of the molecule is CCC(C)C(C)NC(=O)c1cc(N)c(Cl)c(Cl)c1. The van der Waals surface area contributed by atoms with Crippen LogP contribution in [0.25, 0.3) is 0 Å². The van der Waals surface area contributed by atoms with E-state index in [2.05, 4.69) is 19.2 Å². The molecular formula is C13H18Cl2N2O. The lowest BCUT2D eigenvalue weighted by Crippen LogP contribution is -2.36. The van der Waals surface area contributed by atoms with Crippen LogP contribution in [0.1, 0.15) is 37.6 Å². The van der Waals surface area contributed by atoms with E-state index in [1.165, 1.54) is 12.1 Å². The van der Waals surface area contributed by atoms with Crippen LogP contribution in [0.2, 0.25) is 10.0 Å². The Balaban J connectivity index is 2.85. The second-order valence-electron chi connectivity index (χ2n) is 4.51. The van der Waals surface area contributed by atoms with E-state index in [1.807, 2.05) is 6.92 Å². The van der Waals surface area contributed by atoms with Gasteiger partial charge in [-0.1, -0.05) is 43.5 Å². The van der Waals surface area contributed by atoms with E-state index in [1.54, 1.807) is 0 Å². The highest BCUT2D eigenvalue weighted by Gasteiger charge is 2.16. The number of amides is 1. The Morgan fingerprint density at radius 3 is 2.50 bits per heavy atom. The summed E-state index contributed by atoms with van der Waals surface area (Å²) in [5, 5.41) is 3.50. The zero-order chi connectivity index (χ0) is 13.9. The maximum atomic E-state index is 12.0. The topological polar surface area (TPSA) is 55.1 Å². The summed E-state index contributed by atoms with van der Waals surface area (Å²) in [6.07, 6.45) is 1.00. The Kier molecular flexibility index (Phi) is 5.29. The summed E-state index contributed by atoms with van der Waals surface area (Å²) < 4.78 is 0. The number of nitrogen functional groups attached to an aromatic ring is 1. The number of halogens is 2. The van der Waals surface area contributed by atoms with Crippen LogP contribution in [0, 0.1) is 5.92 Å². The lowest BCUT2D eigenvalue weighted by Gasteiger charge is -2.20. The largest absolute Gasteiger partial charge is 0.397 e. The van der Waals surface area contributed by atoms with Crippen LogP contribution in [0.15, 0.2) is 12.1 Å².